The monoisotopic (exact) mass is 665 g/mol. The summed E-state index contributed by atoms with van der Waals surface area (Å²) in [5.41, 5.74) is 4.59. The number of phosphoric ester groups is 1. The Hall–Kier alpha value is -3.48. The third-order valence-corrected chi connectivity index (χ3v) is 9.07. The van der Waals surface area contributed by atoms with Crippen LogP contribution < -0.4 is 31.5 Å². The molecule has 14 nitrogen and oxygen atoms in total. The van der Waals surface area contributed by atoms with E-state index in [2.05, 4.69) is 25.8 Å². The van der Waals surface area contributed by atoms with Crippen molar-refractivity contribution in [2.75, 3.05) is 6.54 Å². The lowest BCUT2D eigenvalue weighted by molar-refractivity contribution is -0.139. The molecule has 2 aliphatic carbocycles. The number of hydrogen-bond donors (Lipinski definition) is 7. The van der Waals surface area contributed by atoms with Crippen LogP contribution in [0, 0.1) is 5.92 Å². The van der Waals surface area contributed by atoms with Crippen LogP contribution in [0.15, 0.2) is 24.3 Å². The minimum absolute atomic E-state index is 0.00681. The summed E-state index contributed by atoms with van der Waals surface area (Å²) in [6.45, 7) is 1.66. The number of benzene rings is 1. The van der Waals surface area contributed by atoms with Crippen molar-refractivity contribution in [1.82, 2.24) is 21.3 Å². The lowest BCUT2D eigenvalue weighted by Crippen LogP contribution is -2.65. The summed E-state index contributed by atoms with van der Waals surface area (Å²) in [7, 11) is -4.75. The fourth-order valence-corrected chi connectivity index (χ4v) is 6.71. The van der Waals surface area contributed by atoms with Gasteiger partial charge in [-0.15, -0.1) is 0 Å². The lowest BCUT2D eigenvalue weighted by atomic mass is 9.80. The quantitative estimate of drug-likeness (QED) is 0.101. The van der Waals surface area contributed by atoms with Gasteiger partial charge in [0.15, 0.2) is 0 Å². The molecule has 0 aromatic heterocycles. The highest BCUT2D eigenvalue weighted by molar-refractivity contribution is 7.46. The normalized spacial score (nSPS) is 18.0. The Kier molecular flexibility index (Phi) is 14.0. The van der Waals surface area contributed by atoms with E-state index in [1.165, 1.54) is 63.3 Å². The van der Waals surface area contributed by atoms with Crippen LogP contribution in [0.1, 0.15) is 96.0 Å². The van der Waals surface area contributed by atoms with Gasteiger partial charge in [0, 0.05) is 19.9 Å². The minimum atomic E-state index is -4.75. The van der Waals surface area contributed by atoms with E-state index < -0.39 is 61.4 Å². The molecular weight excluding hydrogens is 617 g/mol. The predicted octanol–water partition coefficient (Wildman–Crippen LogP) is 1.86. The largest absolute Gasteiger partial charge is 0.524 e. The molecule has 2 atom stereocenters. The highest BCUT2D eigenvalue weighted by Gasteiger charge is 2.43. The molecule has 0 aliphatic heterocycles. The van der Waals surface area contributed by atoms with Crippen LogP contribution >= 0.6 is 7.82 Å². The van der Waals surface area contributed by atoms with Crippen LogP contribution in [0.25, 0.3) is 0 Å². The maximum atomic E-state index is 13.8. The van der Waals surface area contributed by atoms with Gasteiger partial charge in [0.2, 0.25) is 29.5 Å². The van der Waals surface area contributed by atoms with Gasteiger partial charge >= 0.3 is 7.82 Å². The molecular formula is C31H48N5O9P. The maximum absolute atomic E-state index is 13.8. The number of phosphoric acid groups is 1. The predicted molar refractivity (Wildman–Crippen MR) is 169 cm³/mol. The summed E-state index contributed by atoms with van der Waals surface area (Å²) >= 11 is 0. The van der Waals surface area contributed by atoms with Gasteiger partial charge in [-0.05, 0) is 49.3 Å². The smallest absolute Gasteiger partial charge is 0.404 e. The molecule has 1 aromatic rings. The van der Waals surface area contributed by atoms with Gasteiger partial charge < -0.3 is 31.5 Å². The van der Waals surface area contributed by atoms with Gasteiger partial charge in [-0.1, -0.05) is 63.5 Å². The molecule has 256 valence electrons. The van der Waals surface area contributed by atoms with E-state index in [0.717, 1.165) is 19.3 Å². The average Bonchev–Trinajstić information content (AvgIpc) is 2.99. The van der Waals surface area contributed by atoms with Gasteiger partial charge in [0.05, 0.1) is 6.42 Å². The number of nitrogens with one attached hydrogen (secondary N) is 4. The standard InChI is InChI=1S/C31H48N5O9P/c1-21(37)34-25(19-23-12-14-24(15-13-23)45-46(42,43)44)29(40)36-31(16-6-3-7-17-31)30(41)35-26(20-27(32)38)28(39)33-18-8-11-22-9-4-2-5-10-22/h12-15,22,25-26H,2-11,16-20H2,1H3,(H2,32,38)(H,33,39)(H,34,37)(H,35,41)(H,36,40)(H2,42,43,44)/t25-,26-/m0/s1. The Labute approximate surface area is 269 Å². The molecule has 2 saturated carbocycles. The number of rotatable bonds is 16. The summed E-state index contributed by atoms with van der Waals surface area (Å²) in [4.78, 5) is 82.4. The number of nitrogens with two attached hydrogens (primary N) is 1. The molecule has 0 heterocycles. The molecule has 46 heavy (non-hydrogen) atoms. The molecule has 0 saturated heterocycles. The van der Waals surface area contributed by atoms with Gasteiger partial charge in [0.1, 0.15) is 23.4 Å². The van der Waals surface area contributed by atoms with Crippen molar-refractivity contribution in [1.29, 1.82) is 0 Å². The topological polar surface area (TPSA) is 226 Å². The fourth-order valence-electron chi connectivity index (χ4n) is 6.31. The molecule has 3 rings (SSSR count). The molecule has 5 amide bonds. The second-order valence-electron chi connectivity index (χ2n) is 12.4. The molecule has 2 fully saturated rings. The molecule has 1 aromatic carbocycles. The summed E-state index contributed by atoms with van der Waals surface area (Å²) in [6.07, 6.45) is 10.2. The van der Waals surface area contributed by atoms with E-state index in [-0.39, 0.29) is 25.0 Å². The van der Waals surface area contributed by atoms with Gasteiger partial charge in [-0.25, -0.2) is 4.57 Å². The zero-order valence-corrected chi connectivity index (χ0v) is 27.3. The zero-order valence-electron chi connectivity index (χ0n) is 26.4. The number of amides is 5. The van der Waals surface area contributed by atoms with Crippen molar-refractivity contribution in [2.24, 2.45) is 11.7 Å². The molecule has 8 N–H and O–H groups in total. The first-order chi connectivity index (χ1) is 21.8. The third-order valence-electron chi connectivity index (χ3n) is 8.63. The van der Waals surface area contributed by atoms with E-state index in [4.69, 9.17) is 15.5 Å². The van der Waals surface area contributed by atoms with E-state index in [0.29, 0.717) is 30.9 Å². The van der Waals surface area contributed by atoms with Crippen molar-refractivity contribution >= 4 is 37.4 Å². The summed E-state index contributed by atoms with van der Waals surface area (Å²) < 4.78 is 15.7. The summed E-state index contributed by atoms with van der Waals surface area (Å²) in [6, 6.07) is 3.35. The van der Waals surface area contributed by atoms with Crippen molar-refractivity contribution in [3.63, 3.8) is 0 Å². The highest BCUT2D eigenvalue weighted by Crippen LogP contribution is 2.37. The summed E-state index contributed by atoms with van der Waals surface area (Å²) in [5.74, 6) is -2.41. The SMILES string of the molecule is CC(=O)N[C@@H](Cc1ccc(OP(=O)(O)O)cc1)C(=O)NC1(C(=O)N[C@@H](CC(N)=O)C(=O)NCCCC2CCCCC2)CCCCC1. The average molecular weight is 666 g/mol. The van der Waals surface area contributed by atoms with E-state index in [1.807, 2.05) is 0 Å². The van der Waals surface area contributed by atoms with Crippen molar-refractivity contribution in [3.8, 4) is 5.75 Å². The van der Waals surface area contributed by atoms with Crippen LogP contribution in [-0.2, 0) is 35.0 Å². The minimum Gasteiger partial charge on any atom is -0.404 e. The lowest BCUT2D eigenvalue weighted by Gasteiger charge is -2.38. The van der Waals surface area contributed by atoms with E-state index >= 15 is 0 Å². The van der Waals surface area contributed by atoms with Crippen LogP contribution in [0.4, 0.5) is 0 Å². The first kappa shape index (κ1) is 37.0. The maximum Gasteiger partial charge on any atom is 0.524 e. The second kappa shape index (κ2) is 17.4. The second-order valence-corrected chi connectivity index (χ2v) is 13.6. The molecule has 2 aliphatic rings. The first-order valence-electron chi connectivity index (χ1n) is 16.1. The molecule has 0 radical (unpaired) electrons. The molecule has 0 spiro atoms. The number of carbonyl (C=O) groups excluding carboxylic acids is 5. The molecule has 15 heteroatoms. The van der Waals surface area contributed by atoms with E-state index in [9.17, 15) is 28.5 Å². The Bertz CT molecular complexity index is 1260. The Balaban J connectivity index is 1.69. The molecule has 0 bridgehead atoms. The molecule has 0 unspecified atom stereocenters. The van der Waals surface area contributed by atoms with Gasteiger partial charge in [-0.3, -0.25) is 33.8 Å². The van der Waals surface area contributed by atoms with Gasteiger partial charge in [-0.2, -0.15) is 0 Å². The summed E-state index contributed by atoms with van der Waals surface area (Å²) in [5, 5.41) is 10.9. The van der Waals surface area contributed by atoms with E-state index in [1.54, 1.807) is 0 Å². The number of carbonyl (C=O) groups is 5. The number of primary amides is 1. The van der Waals surface area contributed by atoms with Crippen molar-refractivity contribution in [2.45, 2.75) is 114 Å². The third kappa shape index (κ3) is 12.4. The van der Waals surface area contributed by atoms with Gasteiger partial charge in [0.25, 0.3) is 0 Å². The fraction of sp³-hybridized carbons (Fsp3) is 0.645. The van der Waals surface area contributed by atoms with Crippen LogP contribution in [0.3, 0.4) is 0 Å². The van der Waals surface area contributed by atoms with Crippen molar-refractivity contribution in [3.05, 3.63) is 29.8 Å². The Morgan fingerprint density at radius 1 is 0.935 bits per heavy atom. The zero-order chi connectivity index (χ0) is 33.7. The first-order valence-corrected chi connectivity index (χ1v) is 17.6. The van der Waals surface area contributed by atoms with Crippen molar-refractivity contribution < 1.29 is 42.8 Å². The highest BCUT2D eigenvalue weighted by atomic mass is 31.2. The van der Waals surface area contributed by atoms with Crippen LogP contribution in [0.5, 0.6) is 5.75 Å². The number of hydrogen-bond acceptors (Lipinski definition) is 7. The van der Waals surface area contributed by atoms with Crippen LogP contribution in [0.2, 0.25) is 0 Å². The van der Waals surface area contributed by atoms with Crippen LogP contribution in [-0.4, -0.2) is 63.5 Å². The Morgan fingerprint density at radius 2 is 1.57 bits per heavy atom. The Morgan fingerprint density at radius 3 is 2.15 bits per heavy atom.